The molecule has 0 amide bonds. The predicted octanol–water partition coefficient (Wildman–Crippen LogP) is 14.4. The first-order valence-electron chi connectivity index (χ1n) is 34.3. The van der Waals surface area contributed by atoms with Crippen LogP contribution in [0, 0.1) is 54.2 Å². The molecule has 0 fully saturated rings. The molecule has 6 rings (SSSR count). The van der Waals surface area contributed by atoms with Gasteiger partial charge < -0.3 is 0 Å². The molecule has 62 heavy (non-hydrogen) atoms. The van der Waals surface area contributed by atoms with Crippen molar-refractivity contribution in [3.05, 3.63) is 158 Å². The van der Waals surface area contributed by atoms with E-state index in [4.69, 9.17) is 38.4 Å². The van der Waals surface area contributed by atoms with Crippen molar-refractivity contribution in [1.29, 1.82) is 0 Å². The molecule has 5 unspecified atom stereocenters. The second-order valence-electron chi connectivity index (χ2n) is 16.2. The molecule has 5 atom stereocenters. The summed E-state index contributed by atoms with van der Waals surface area (Å²) in [5.74, 6) is -9.73. The van der Waals surface area contributed by atoms with Gasteiger partial charge in [0.2, 0.25) is 17.1 Å². The third-order valence-electron chi connectivity index (χ3n) is 10.7. The molecule has 6 aromatic rings. The van der Waals surface area contributed by atoms with E-state index in [9.17, 15) is 0 Å². The molecular weight excluding hydrogens is 751 g/mol. The summed E-state index contributed by atoms with van der Waals surface area (Å²) in [5.41, 5.74) is 8.96. The third-order valence-corrected chi connectivity index (χ3v) is 10.7. The summed E-state index contributed by atoms with van der Waals surface area (Å²) in [5, 5.41) is 0. The molecule has 0 aliphatic heterocycles. The van der Waals surface area contributed by atoms with E-state index in [-0.39, 0.29) is 22.3 Å². The van der Waals surface area contributed by atoms with Gasteiger partial charge in [-0.3, -0.25) is 0 Å². The lowest BCUT2D eigenvalue weighted by Gasteiger charge is -2.13. The molecule has 0 aliphatic carbocycles. The van der Waals surface area contributed by atoms with E-state index in [1.807, 2.05) is 13.0 Å². The first-order chi connectivity index (χ1) is 39.9. The Morgan fingerprint density at radius 3 is 1.44 bits per heavy atom. The van der Waals surface area contributed by atoms with E-state index in [0.717, 1.165) is 35.0 Å². The van der Waals surface area contributed by atoms with E-state index in [0.29, 0.717) is 50.2 Å². The van der Waals surface area contributed by atoms with Crippen molar-refractivity contribution in [3.8, 4) is 33.8 Å². The fraction of sp³-hybridized carbons (Fsp3) is 0.441. The predicted molar refractivity (Wildman–Crippen MR) is 267 cm³/mol. The van der Waals surface area contributed by atoms with Crippen LogP contribution in [0.4, 0.5) is 0 Å². The molecule has 3 heteroatoms. The smallest absolute Gasteiger partial charge is 0.201 e. The molecule has 0 radical (unpaired) electrons. The number of benzene rings is 3. The summed E-state index contributed by atoms with van der Waals surface area (Å²) in [4.78, 5) is 0. The summed E-state index contributed by atoms with van der Waals surface area (Å²) in [6.07, 6.45) is 2.21. The van der Waals surface area contributed by atoms with E-state index in [2.05, 4.69) is 0 Å². The highest BCUT2D eigenvalue weighted by atomic mass is 14.9. The van der Waals surface area contributed by atoms with Crippen LogP contribution in [-0.4, -0.2) is 0 Å². The molecule has 3 aromatic heterocycles. The van der Waals surface area contributed by atoms with E-state index >= 15 is 0 Å². The average Bonchev–Trinajstić information content (AvgIpc) is 0.771. The second-order valence-corrected chi connectivity index (χ2v) is 16.2. The highest BCUT2D eigenvalue weighted by Crippen LogP contribution is 2.30. The van der Waals surface area contributed by atoms with Crippen LogP contribution in [-0.2, 0) is 27.5 Å². The monoisotopic (exact) mass is 861 g/mol. The van der Waals surface area contributed by atoms with Crippen LogP contribution in [0.25, 0.3) is 33.8 Å². The topological polar surface area (TPSA) is 11.6 Å². The number of rotatable bonds is 9. The quantitative estimate of drug-likeness (QED) is 0.128. The molecule has 0 saturated heterocycles. The first kappa shape index (κ1) is 23.2. The SMILES string of the molecule is [2H]C([2H])([2H])C([2H])(C)c1c[n+](C)c(-c2ccc(C([2H])([2H])C([2H])(C)C([2H])([2H])[2H])cc2C)cc1C.[2H]C([2H])([2H])C([2H])(C)c1ccc(-c2cc(C)c(C([2H])(C)C([2H])([2H])[2H])c[n+]2C)c(C)c1.[2H]C([2H])([2H])c1ccc(-c2cc(C([2H])(C)C([2H])([2H])[2H])c(C([2H])([2H])[2H])c[n+]2C)c(C)c1. The van der Waals surface area contributed by atoms with Crippen molar-refractivity contribution in [1.82, 2.24) is 0 Å². The maximum Gasteiger partial charge on any atom is 0.212 e. The van der Waals surface area contributed by atoms with Gasteiger partial charge in [-0.25, -0.2) is 13.7 Å². The van der Waals surface area contributed by atoms with Gasteiger partial charge in [0.05, 0.1) is 0 Å². The highest BCUT2D eigenvalue weighted by molar-refractivity contribution is 5.64. The zero-order valence-electron chi connectivity index (χ0n) is 66.5. The molecule has 0 N–H and O–H groups in total. The molecule has 0 saturated carbocycles. The summed E-state index contributed by atoms with van der Waals surface area (Å²) in [7, 11) is 5.16. The molecular formula is C59H82N3+3. The normalized spacial score (nSPS) is 24.4. The van der Waals surface area contributed by atoms with Crippen molar-refractivity contribution in [2.75, 3.05) is 0 Å². The van der Waals surface area contributed by atoms with Gasteiger partial charge in [0.25, 0.3) is 0 Å². The maximum atomic E-state index is 8.44. The summed E-state index contributed by atoms with van der Waals surface area (Å²) in [6.45, 7) is -2.52. The Labute approximate surface area is 418 Å². The van der Waals surface area contributed by atoms with E-state index in [1.165, 1.54) is 58.2 Å². The van der Waals surface area contributed by atoms with E-state index < -0.39 is 83.8 Å². The van der Waals surface area contributed by atoms with Crippen LogP contribution in [0.2, 0.25) is 0 Å². The third kappa shape index (κ3) is 12.4. The molecule has 3 nitrogen and oxygen atoms in total. The van der Waals surface area contributed by atoms with Gasteiger partial charge in [-0.15, -0.1) is 0 Å². The number of hydrogen-bond acceptors (Lipinski definition) is 0. The Morgan fingerprint density at radius 1 is 0.468 bits per heavy atom. The number of nitrogens with zero attached hydrogens (tertiary/aromatic N) is 3. The number of aromatic nitrogens is 3. The highest BCUT2D eigenvalue weighted by Gasteiger charge is 2.20. The molecule has 330 valence electrons. The fourth-order valence-electron chi connectivity index (χ4n) is 7.43. The largest absolute Gasteiger partial charge is 0.212 e. The van der Waals surface area contributed by atoms with Crippen LogP contribution >= 0.6 is 0 Å². The van der Waals surface area contributed by atoms with Crippen LogP contribution in [0.5, 0.6) is 0 Å². The Kier molecular flexibility index (Phi) is 8.02. The number of aryl methyl sites for hydroxylation is 10. The Balaban J connectivity index is 0.000000289. The van der Waals surface area contributed by atoms with Crippen LogP contribution < -0.4 is 13.7 Å². The Morgan fingerprint density at radius 2 is 0.952 bits per heavy atom. The maximum absolute atomic E-state index is 8.44. The zero-order chi connectivity index (χ0) is 70.2. The Bertz CT molecular complexity index is 3610. The van der Waals surface area contributed by atoms with Crippen molar-refractivity contribution < 1.29 is 52.1 Å². The number of hydrogen-bond donors (Lipinski definition) is 0. The van der Waals surface area contributed by atoms with Gasteiger partial charge in [-0.05, 0) is 147 Å². The van der Waals surface area contributed by atoms with Gasteiger partial charge in [-0.2, -0.15) is 0 Å². The van der Waals surface area contributed by atoms with Gasteiger partial charge in [0, 0.05) is 90.0 Å². The van der Waals surface area contributed by atoms with Gasteiger partial charge in [0.15, 0.2) is 18.6 Å². The van der Waals surface area contributed by atoms with Gasteiger partial charge >= 0.3 is 0 Å². The molecule has 0 aliphatic rings. The second kappa shape index (κ2) is 21.5. The molecule has 3 aromatic carbocycles. The van der Waals surface area contributed by atoms with Crippen molar-refractivity contribution >= 4 is 0 Å². The van der Waals surface area contributed by atoms with Crippen LogP contribution in [0.15, 0.2) is 91.4 Å². The van der Waals surface area contributed by atoms with Gasteiger partial charge in [-0.1, -0.05) is 111 Å². The lowest BCUT2D eigenvalue weighted by molar-refractivity contribution is -0.661. The van der Waals surface area contributed by atoms with E-state index in [1.54, 1.807) is 117 Å². The van der Waals surface area contributed by atoms with Crippen molar-refractivity contribution in [2.24, 2.45) is 27.0 Å². The molecule has 3 heterocycles. The average molecular weight is 861 g/mol. The van der Waals surface area contributed by atoms with Crippen LogP contribution in [0.1, 0.15) is 198 Å². The first-order valence-corrected chi connectivity index (χ1v) is 20.3. The van der Waals surface area contributed by atoms with Gasteiger partial charge in [0.1, 0.15) is 21.1 Å². The minimum atomic E-state index is -2.81. The lowest BCUT2D eigenvalue weighted by atomic mass is 9.94. The summed E-state index contributed by atoms with van der Waals surface area (Å²) >= 11 is 0. The molecule has 0 spiro atoms. The lowest BCUT2D eigenvalue weighted by Crippen LogP contribution is -2.32. The summed E-state index contributed by atoms with van der Waals surface area (Å²) in [6, 6.07) is 19.5. The standard InChI is InChI=1S/C21H30N.C20H28N.C18H24N/c1-14(2)10-18-8-9-19(16(5)11-18)21-12-17(6)20(15(3)4)13-22(21)7;1-13(2)17-8-9-18(15(5)10-17)20-11-16(6)19(14(3)4)12-21(20)7;1-12(2)17-10-18(19(6)11-15(17)5)16-8-7-13(3)9-14(16)4/h8-9,11-15H,10H2,1-7H3;8-14H,1-7H3;7-12H,1-6H3/q3*+1/i1D3,3D3,10D2,14D,15D;1D3,3D3,13D,14D;1D3,3D3,5D3,12D. The summed E-state index contributed by atoms with van der Waals surface area (Å²) < 4.78 is 225. The Hall–Kier alpha value is -4.89. The number of pyridine rings is 3. The minimum Gasteiger partial charge on any atom is -0.201 e. The molecule has 0 bridgehead atoms. The van der Waals surface area contributed by atoms with Crippen LogP contribution in [0.3, 0.4) is 0 Å². The van der Waals surface area contributed by atoms with Crippen molar-refractivity contribution in [3.63, 3.8) is 0 Å². The zero-order valence-corrected chi connectivity index (χ0v) is 38.5. The fourth-order valence-corrected chi connectivity index (χ4v) is 7.43. The van der Waals surface area contributed by atoms with Crippen molar-refractivity contribution in [2.45, 2.75) is 147 Å². The minimum absolute atomic E-state index is 0.101.